The summed E-state index contributed by atoms with van der Waals surface area (Å²) in [5, 5.41) is 8.78. The molecule has 0 saturated carbocycles. The first-order valence-electron chi connectivity index (χ1n) is 11.5. The first kappa shape index (κ1) is 21.6. The van der Waals surface area contributed by atoms with Gasteiger partial charge in [0, 0.05) is 32.8 Å². The van der Waals surface area contributed by atoms with Crippen molar-refractivity contribution in [1.82, 2.24) is 29.5 Å². The van der Waals surface area contributed by atoms with E-state index in [2.05, 4.69) is 46.4 Å². The topological polar surface area (TPSA) is 88.4 Å². The standard InChI is InChI=1S/C24H31N7O2/c1-15-5-8-30(16(2)32)21(15)14-31-23-19(12-26-31)11-25-24(28-23)27-20-9-18-13-29(3)7-6-17(18)10-22(20)33-4/h9-12,15,21H,5-8,13-14H2,1-4H3,(H,25,27,28)/t15-,21+/m0/s1. The third kappa shape index (κ3) is 4.13. The predicted molar refractivity (Wildman–Crippen MR) is 127 cm³/mol. The summed E-state index contributed by atoms with van der Waals surface area (Å²) in [6.45, 7) is 7.21. The average Bonchev–Trinajstić information content (AvgIpc) is 3.37. The molecule has 0 aliphatic carbocycles. The van der Waals surface area contributed by atoms with Gasteiger partial charge in [-0.1, -0.05) is 6.92 Å². The summed E-state index contributed by atoms with van der Waals surface area (Å²) < 4.78 is 7.55. The Morgan fingerprint density at radius 2 is 2.09 bits per heavy atom. The molecule has 0 unspecified atom stereocenters. The van der Waals surface area contributed by atoms with Gasteiger partial charge in [0.05, 0.1) is 37.0 Å². The quantitative estimate of drug-likeness (QED) is 0.641. The van der Waals surface area contributed by atoms with Crippen LogP contribution < -0.4 is 10.1 Å². The fraction of sp³-hybridized carbons (Fsp3) is 0.500. The minimum Gasteiger partial charge on any atom is -0.495 e. The van der Waals surface area contributed by atoms with Gasteiger partial charge < -0.3 is 19.9 Å². The van der Waals surface area contributed by atoms with Gasteiger partial charge in [-0.2, -0.15) is 10.1 Å². The molecule has 9 nitrogen and oxygen atoms in total. The molecule has 1 amide bonds. The van der Waals surface area contributed by atoms with Crippen molar-refractivity contribution in [3.05, 3.63) is 35.7 Å². The Balaban J connectivity index is 1.44. The number of aromatic nitrogens is 4. The number of methoxy groups -OCH3 is 1. The van der Waals surface area contributed by atoms with Crippen LogP contribution in [0.25, 0.3) is 11.0 Å². The van der Waals surface area contributed by atoms with Gasteiger partial charge in [-0.15, -0.1) is 0 Å². The van der Waals surface area contributed by atoms with Crippen LogP contribution in [0.3, 0.4) is 0 Å². The van der Waals surface area contributed by atoms with Crippen molar-refractivity contribution in [2.75, 3.05) is 32.6 Å². The minimum atomic E-state index is 0.114. The molecule has 5 rings (SSSR count). The van der Waals surface area contributed by atoms with Gasteiger partial charge in [0.15, 0.2) is 5.65 Å². The first-order chi connectivity index (χ1) is 15.9. The Morgan fingerprint density at radius 3 is 2.88 bits per heavy atom. The number of amides is 1. The normalized spacial score (nSPS) is 20.8. The maximum absolute atomic E-state index is 12.1. The summed E-state index contributed by atoms with van der Waals surface area (Å²) in [7, 11) is 3.82. The fourth-order valence-corrected chi connectivity index (χ4v) is 5.03. The molecular weight excluding hydrogens is 418 g/mol. The van der Waals surface area contributed by atoms with E-state index >= 15 is 0 Å². The molecule has 3 aromatic rings. The van der Waals surface area contributed by atoms with Crippen LogP contribution in [0.5, 0.6) is 5.75 Å². The molecule has 1 aromatic carbocycles. The third-order valence-electron chi connectivity index (χ3n) is 6.99. The van der Waals surface area contributed by atoms with Gasteiger partial charge in [0.1, 0.15) is 5.75 Å². The number of fused-ring (bicyclic) bond motifs is 2. The largest absolute Gasteiger partial charge is 0.495 e. The van der Waals surface area contributed by atoms with Crippen LogP contribution in [0.4, 0.5) is 11.6 Å². The smallest absolute Gasteiger partial charge is 0.229 e. The highest BCUT2D eigenvalue weighted by molar-refractivity contribution is 5.76. The molecule has 1 saturated heterocycles. The van der Waals surface area contributed by atoms with E-state index in [-0.39, 0.29) is 11.9 Å². The van der Waals surface area contributed by atoms with Crippen molar-refractivity contribution < 1.29 is 9.53 Å². The molecule has 2 aliphatic rings. The highest BCUT2D eigenvalue weighted by atomic mass is 16.5. The first-order valence-corrected chi connectivity index (χ1v) is 11.5. The zero-order valence-electron chi connectivity index (χ0n) is 19.7. The second kappa shape index (κ2) is 8.62. The molecule has 174 valence electrons. The van der Waals surface area contributed by atoms with Gasteiger partial charge in [-0.3, -0.25) is 4.79 Å². The Bertz CT molecular complexity index is 1190. The number of anilines is 2. The number of likely N-dealkylation sites (N-methyl/N-ethyl adjacent to an activating group) is 1. The second-order valence-electron chi connectivity index (χ2n) is 9.28. The van der Waals surface area contributed by atoms with E-state index in [9.17, 15) is 4.79 Å². The van der Waals surface area contributed by atoms with Crippen molar-refractivity contribution in [2.24, 2.45) is 5.92 Å². The molecule has 2 aromatic heterocycles. The molecule has 0 bridgehead atoms. The van der Waals surface area contributed by atoms with E-state index in [1.165, 1.54) is 11.1 Å². The minimum absolute atomic E-state index is 0.114. The van der Waals surface area contributed by atoms with Crippen LogP contribution in [-0.2, 0) is 24.3 Å². The summed E-state index contributed by atoms with van der Waals surface area (Å²) in [6.07, 6.45) is 5.60. The van der Waals surface area contributed by atoms with Gasteiger partial charge in [-0.05, 0) is 49.1 Å². The second-order valence-corrected chi connectivity index (χ2v) is 9.28. The van der Waals surface area contributed by atoms with Crippen molar-refractivity contribution >= 4 is 28.6 Å². The number of ether oxygens (including phenoxy) is 1. The molecule has 4 heterocycles. The van der Waals surface area contributed by atoms with Crippen molar-refractivity contribution in [2.45, 2.75) is 45.8 Å². The summed E-state index contributed by atoms with van der Waals surface area (Å²) in [6, 6.07) is 4.37. The van der Waals surface area contributed by atoms with Crippen LogP contribution in [-0.4, -0.2) is 68.7 Å². The van der Waals surface area contributed by atoms with E-state index < -0.39 is 0 Å². The number of rotatable bonds is 5. The Morgan fingerprint density at radius 1 is 1.24 bits per heavy atom. The van der Waals surface area contributed by atoms with Crippen LogP contribution >= 0.6 is 0 Å². The Hall–Kier alpha value is -3.20. The molecule has 0 spiro atoms. The zero-order chi connectivity index (χ0) is 23.1. The van der Waals surface area contributed by atoms with Crippen LogP contribution in [0.15, 0.2) is 24.5 Å². The average molecular weight is 450 g/mol. The highest BCUT2D eigenvalue weighted by Crippen LogP contribution is 2.33. The van der Waals surface area contributed by atoms with Crippen LogP contribution in [0.2, 0.25) is 0 Å². The lowest BCUT2D eigenvalue weighted by Gasteiger charge is -2.26. The summed E-state index contributed by atoms with van der Waals surface area (Å²) in [5.41, 5.74) is 4.22. The Labute approximate surface area is 193 Å². The number of likely N-dealkylation sites (tertiary alicyclic amines) is 1. The van der Waals surface area contributed by atoms with Gasteiger partial charge >= 0.3 is 0 Å². The van der Waals surface area contributed by atoms with E-state index in [0.29, 0.717) is 18.4 Å². The molecular formula is C24H31N7O2. The summed E-state index contributed by atoms with van der Waals surface area (Å²) >= 11 is 0. The van der Waals surface area contributed by atoms with Gasteiger partial charge in [-0.25, -0.2) is 9.67 Å². The van der Waals surface area contributed by atoms with E-state index in [0.717, 1.165) is 54.9 Å². The number of hydrogen-bond acceptors (Lipinski definition) is 7. The number of carbonyl (C=O) groups excluding carboxylic acids is 1. The number of nitrogens with one attached hydrogen (secondary N) is 1. The van der Waals surface area contributed by atoms with Crippen molar-refractivity contribution in [3.63, 3.8) is 0 Å². The molecule has 1 N–H and O–H groups in total. The lowest BCUT2D eigenvalue weighted by molar-refractivity contribution is -0.130. The molecule has 0 radical (unpaired) electrons. The Kier molecular flexibility index (Phi) is 5.65. The summed E-state index contributed by atoms with van der Waals surface area (Å²) in [5.74, 6) is 1.82. The zero-order valence-corrected chi connectivity index (χ0v) is 19.7. The maximum atomic E-state index is 12.1. The highest BCUT2D eigenvalue weighted by Gasteiger charge is 2.33. The van der Waals surface area contributed by atoms with E-state index in [4.69, 9.17) is 9.72 Å². The maximum Gasteiger partial charge on any atom is 0.229 e. The molecule has 33 heavy (non-hydrogen) atoms. The van der Waals surface area contributed by atoms with Crippen LogP contribution in [0.1, 0.15) is 31.4 Å². The molecule has 2 atom stereocenters. The molecule has 9 heteroatoms. The van der Waals surface area contributed by atoms with E-state index in [1.807, 2.05) is 9.58 Å². The SMILES string of the molecule is COc1cc2c(cc1Nc1ncc3cnn(C[C@@H]4[C@@H](C)CCN4C(C)=O)c3n1)CN(C)CC2. The summed E-state index contributed by atoms with van der Waals surface area (Å²) in [4.78, 5) is 25.6. The lowest BCUT2D eigenvalue weighted by Crippen LogP contribution is -2.39. The van der Waals surface area contributed by atoms with Crippen molar-refractivity contribution in [3.8, 4) is 5.75 Å². The fourth-order valence-electron chi connectivity index (χ4n) is 5.03. The van der Waals surface area contributed by atoms with Gasteiger partial charge in [0.2, 0.25) is 11.9 Å². The third-order valence-corrected chi connectivity index (χ3v) is 6.99. The molecule has 1 fully saturated rings. The van der Waals surface area contributed by atoms with Crippen LogP contribution in [0, 0.1) is 5.92 Å². The van der Waals surface area contributed by atoms with E-state index in [1.54, 1.807) is 26.4 Å². The van der Waals surface area contributed by atoms with Gasteiger partial charge in [0.25, 0.3) is 0 Å². The predicted octanol–water partition coefficient (Wildman–Crippen LogP) is 2.82. The lowest BCUT2D eigenvalue weighted by atomic mass is 9.99. The number of nitrogens with zero attached hydrogens (tertiary/aromatic N) is 6. The number of hydrogen-bond donors (Lipinski definition) is 1. The number of benzene rings is 1. The number of carbonyl (C=O) groups is 1. The molecule has 2 aliphatic heterocycles. The monoisotopic (exact) mass is 449 g/mol. The van der Waals surface area contributed by atoms with Crippen molar-refractivity contribution in [1.29, 1.82) is 0 Å².